The van der Waals surface area contributed by atoms with E-state index in [-0.39, 0.29) is 23.7 Å². The number of aromatic nitrogens is 2. The fourth-order valence-electron chi connectivity index (χ4n) is 3.80. The Labute approximate surface area is 152 Å². The van der Waals surface area contributed by atoms with E-state index in [1.165, 1.54) is 6.20 Å². The minimum Gasteiger partial charge on any atom is -0.348 e. The molecule has 8 heteroatoms. The van der Waals surface area contributed by atoms with E-state index in [0.717, 1.165) is 37.9 Å². The van der Waals surface area contributed by atoms with Gasteiger partial charge in [0.25, 0.3) is 5.91 Å². The van der Waals surface area contributed by atoms with Crippen molar-refractivity contribution in [2.45, 2.75) is 31.3 Å². The van der Waals surface area contributed by atoms with Crippen LogP contribution >= 0.6 is 0 Å². The van der Waals surface area contributed by atoms with Gasteiger partial charge in [-0.15, -0.1) is 0 Å². The number of benzene rings is 1. The SMILES string of the molecule is O=C(NC1CCN([C@@H]2CCS(=O)(=O)C2)CC1)c1cnc2ccccc2n1. The summed E-state index contributed by atoms with van der Waals surface area (Å²) in [4.78, 5) is 23.4. The van der Waals surface area contributed by atoms with Crippen LogP contribution in [0.25, 0.3) is 11.0 Å². The van der Waals surface area contributed by atoms with Gasteiger partial charge in [0, 0.05) is 25.2 Å². The quantitative estimate of drug-likeness (QED) is 0.862. The van der Waals surface area contributed by atoms with Crippen molar-refractivity contribution < 1.29 is 13.2 Å². The van der Waals surface area contributed by atoms with E-state index in [1.807, 2.05) is 24.3 Å². The van der Waals surface area contributed by atoms with Crippen LogP contribution in [0.3, 0.4) is 0 Å². The van der Waals surface area contributed by atoms with Crippen molar-refractivity contribution in [2.24, 2.45) is 0 Å². The Balaban J connectivity index is 1.34. The van der Waals surface area contributed by atoms with Gasteiger partial charge in [0.2, 0.25) is 0 Å². The summed E-state index contributed by atoms with van der Waals surface area (Å²) in [7, 11) is -2.86. The molecule has 0 saturated carbocycles. The number of carbonyl (C=O) groups is 1. The fraction of sp³-hybridized carbons (Fsp3) is 0.500. The van der Waals surface area contributed by atoms with Crippen molar-refractivity contribution in [1.82, 2.24) is 20.2 Å². The summed E-state index contributed by atoms with van der Waals surface area (Å²) in [6.07, 6.45) is 3.88. The molecule has 1 N–H and O–H groups in total. The van der Waals surface area contributed by atoms with Gasteiger partial charge in [-0.2, -0.15) is 0 Å². The Morgan fingerprint density at radius 1 is 1.12 bits per heavy atom. The van der Waals surface area contributed by atoms with Crippen LogP contribution in [0.1, 0.15) is 29.8 Å². The third-order valence-corrected chi connectivity index (χ3v) is 7.02. The average molecular weight is 374 g/mol. The van der Waals surface area contributed by atoms with Crippen LogP contribution in [-0.4, -0.2) is 65.9 Å². The van der Waals surface area contributed by atoms with Crippen molar-refractivity contribution >= 4 is 26.8 Å². The Morgan fingerprint density at radius 2 is 1.85 bits per heavy atom. The van der Waals surface area contributed by atoms with E-state index in [9.17, 15) is 13.2 Å². The van der Waals surface area contributed by atoms with Gasteiger partial charge in [-0.25, -0.2) is 13.4 Å². The number of hydrogen-bond acceptors (Lipinski definition) is 6. The summed E-state index contributed by atoms with van der Waals surface area (Å²) >= 11 is 0. The molecule has 2 aliphatic rings. The Morgan fingerprint density at radius 3 is 2.54 bits per heavy atom. The van der Waals surface area contributed by atoms with E-state index in [4.69, 9.17) is 0 Å². The monoisotopic (exact) mass is 374 g/mol. The second-order valence-corrected chi connectivity index (χ2v) is 9.31. The minimum absolute atomic E-state index is 0.0880. The third kappa shape index (κ3) is 3.71. The molecule has 3 heterocycles. The molecule has 1 amide bonds. The Kier molecular flexibility index (Phi) is 4.62. The summed E-state index contributed by atoms with van der Waals surface area (Å²) in [5.41, 5.74) is 1.80. The van der Waals surface area contributed by atoms with E-state index in [1.54, 1.807) is 0 Å². The minimum atomic E-state index is -2.86. The summed E-state index contributed by atoms with van der Waals surface area (Å²) < 4.78 is 23.3. The van der Waals surface area contributed by atoms with Gasteiger partial charge in [0.05, 0.1) is 28.7 Å². The average Bonchev–Trinajstić information content (AvgIpc) is 3.02. The van der Waals surface area contributed by atoms with E-state index >= 15 is 0 Å². The molecule has 0 spiro atoms. The highest BCUT2D eigenvalue weighted by Crippen LogP contribution is 2.22. The van der Waals surface area contributed by atoms with Crippen LogP contribution < -0.4 is 5.32 Å². The van der Waals surface area contributed by atoms with Crippen LogP contribution in [-0.2, 0) is 9.84 Å². The number of likely N-dealkylation sites (tertiary alicyclic amines) is 1. The maximum Gasteiger partial charge on any atom is 0.271 e. The molecule has 1 atom stereocenters. The number of hydrogen-bond donors (Lipinski definition) is 1. The molecule has 1 aromatic heterocycles. The summed E-state index contributed by atoms with van der Waals surface area (Å²) in [6, 6.07) is 7.70. The maximum atomic E-state index is 12.5. The predicted molar refractivity (Wildman–Crippen MR) is 98.7 cm³/mol. The number of sulfone groups is 1. The highest BCUT2D eigenvalue weighted by Gasteiger charge is 2.34. The molecule has 2 aliphatic heterocycles. The smallest absolute Gasteiger partial charge is 0.271 e. The number of amides is 1. The van der Waals surface area contributed by atoms with Crippen molar-refractivity contribution in [3.8, 4) is 0 Å². The van der Waals surface area contributed by atoms with Gasteiger partial charge in [-0.1, -0.05) is 12.1 Å². The van der Waals surface area contributed by atoms with Gasteiger partial charge >= 0.3 is 0 Å². The van der Waals surface area contributed by atoms with Crippen LogP contribution in [0.15, 0.2) is 30.5 Å². The van der Waals surface area contributed by atoms with E-state index in [2.05, 4.69) is 20.2 Å². The summed E-state index contributed by atoms with van der Waals surface area (Å²) in [5.74, 6) is 0.372. The summed E-state index contributed by atoms with van der Waals surface area (Å²) in [6.45, 7) is 1.63. The number of nitrogens with zero attached hydrogens (tertiary/aromatic N) is 3. The van der Waals surface area contributed by atoms with Crippen molar-refractivity contribution in [3.05, 3.63) is 36.2 Å². The Bertz CT molecular complexity index is 923. The molecular formula is C18H22N4O3S. The van der Waals surface area contributed by atoms with Crippen LogP contribution in [0.4, 0.5) is 0 Å². The highest BCUT2D eigenvalue weighted by atomic mass is 32.2. The first-order chi connectivity index (χ1) is 12.5. The zero-order valence-electron chi connectivity index (χ0n) is 14.5. The maximum absolute atomic E-state index is 12.5. The highest BCUT2D eigenvalue weighted by molar-refractivity contribution is 7.91. The number of carbonyl (C=O) groups excluding carboxylic acids is 1. The molecule has 7 nitrogen and oxygen atoms in total. The first-order valence-electron chi connectivity index (χ1n) is 8.97. The molecule has 0 aliphatic carbocycles. The van der Waals surface area contributed by atoms with Crippen molar-refractivity contribution in [1.29, 1.82) is 0 Å². The lowest BCUT2D eigenvalue weighted by atomic mass is 10.0. The first kappa shape index (κ1) is 17.4. The number of piperidine rings is 1. The molecule has 0 radical (unpaired) electrons. The second-order valence-electron chi connectivity index (χ2n) is 7.08. The zero-order valence-corrected chi connectivity index (χ0v) is 15.3. The molecule has 26 heavy (non-hydrogen) atoms. The fourth-order valence-corrected chi connectivity index (χ4v) is 5.56. The molecule has 0 unspecified atom stereocenters. The van der Waals surface area contributed by atoms with Crippen LogP contribution in [0, 0.1) is 0 Å². The number of fused-ring (bicyclic) bond motifs is 1. The van der Waals surface area contributed by atoms with Gasteiger partial charge in [-0.3, -0.25) is 14.7 Å². The van der Waals surface area contributed by atoms with Crippen molar-refractivity contribution in [3.63, 3.8) is 0 Å². The molecule has 0 bridgehead atoms. The number of nitrogens with one attached hydrogen (secondary N) is 1. The number of para-hydroxylation sites is 2. The molecule has 2 aromatic rings. The second kappa shape index (κ2) is 6.92. The van der Waals surface area contributed by atoms with E-state index < -0.39 is 9.84 Å². The number of rotatable bonds is 3. The third-order valence-electron chi connectivity index (χ3n) is 5.27. The largest absolute Gasteiger partial charge is 0.348 e. The summed E-state index contributed by atoms with van der Waals surface area (Å²) in [5, 5.41) is 3.04. The molecule has 1 aromatic carbocycles. The molecule has 138 valence electrons. The van der Waals surface area contributed by atoms with E-state index in [0.29, 0.717) is 17.0 Å². The van der Waals surface area contributed by atoms with Gasteiger partial charge in [0.15, 0.2) is 9.84 Å². The van der Waals surface area contributed by atoms with Gasteiger partial charge < -0.3 is 5.32 Å². The molecular weight excluding hydrogens is 352 g/mol. The standard InChI is InChI=1S/C18H22N4O3S/c23-18(17-11-19-15-3-1-2-4-16(15)21-17)20-13-5-8-22(9-6-13)14-7-10-26(24,25)12-14/h1-4,11,13-14H,5-10,12H2,(H,20,23)/t14-/m1/s1. The van der Waals surface area contributed by atoms with Gasteiger partial charge in [0.1, 0.15) is 5.69 Å². The van der Waals surface area contributed by atoms with Gasteiger partial charge in [-0.05, 0) is 31.4 Å². The van der Waals surface area contributed by atoms with Crippen LogP contribution in [0.2, 0.25) is 0 Å². The molecule has 4 rings (SSSR count). The lowest BCUT2D eigenvalue weighted by molar-refractivity contribution is 0.0893. The predicted octanol–water partition coefficient (Wildman–Crippen LogP) is 1.01. The Hall–Kier alpha value is -2.06. The van der Waals surface area contributed by atoms with Crippen molar-refractivity contribution in [2.75, 3.05) is 24.6 Å². The normalized spacial score (nSPS) is 23.9. The van der Waals surface area contributed by atoms with Crippen LogP contribution in [0.5, 0.6) is 0 Å². The molecule has 2 saturated heterocycles. The zero-order chi connectivity index (χ0) is 18.1. The molecule has 2 fully saturated rings. The lowest BCUT2D eigenvalue weighted by Gasteiger charge is -2.35. The topological polar surface area (TPSA) is 92.3 Å². The lowest BCUT2D eigenvalue weighted by Crippen LogP contribution is -2.48. The first-order valence-corrected chi connectivity index (χ1v) is 10.8.